The third kappa shape index (κ3) is 3.63. The average molecular weight is 283 g/mol. The highest BCUT2D eigenvalue weighted by molar-refractivity contribution is 7.78. The van der Waals surface area contributed by atoms with Gasteiger partial charge in [0.05, 0.1) is 5.16 Å². The second-order valence-corrected chi connectivity index (χ2v) is 5.54. The zero-order chi connectivity index (χ0) is 15.2. The van der Waals surface area contributed by atoms with E-state index in [9.17, 15) is 0 Å². The molecule has 2 rings (SSSR count). The Morgan fingerprint density at radius 3 is 2.05 bits per heavy atom. The highest BCUT2D eigenvalue weighted by atomic mass is 32.1. The molecule has 0 radical (unpaired) electrons. The summed E-state index contributed by atoms with van der Waals surface area (Å²) in [7, 11) is 0. The predicted octanol–water partition coefficient (Wildman–Crippen LogP) is 5.30. The van der Waals surface area contributed by atoms with Gasteiger partial charge in [-0.05, 0) is 48.3 Å². The second-order valence-electron chi connectivity index (χ2n) is 5.34. The van der Waals surface area contributed by atoms with Gasteiger partial charge in [0.25, 0.3) is 0 Å². The van der Waals surface area contributed by atoms with Gasteiger partial charge in [0.15, 0.2) is 0 Å². The minimum Gasteiger partial charge on any atom is -0.248 e. The number of thiocarbonyl (C=S) groups is 1. The lowest BCUT2D eigenvalue weighted by Crippen LogP contribution is -2.20. The van der Waals surface area contributed by atoms with Gasteiger partial charge < -0.3 is 0 Å². The average Bonchev–Trinajstić information content (AvgIpc) is 2.43. The summed E-state index contributed by atoms with van der Waals surface area (Å²) in [5.41, 5.74) is 5.63. The van der Waals surface area contributed by atoms with Crippen LogP contribution in [0.5, 0.6) is 0 Å². The molecule has 0 bridgehead atoms. The summed E-state index contributed by atoms with van der Waals surface area (Å²) < 4.78 is 0. The summed E-state index contributed by atoms with van der Waals surface area (Å²) in [5.74, 6) is 0. The summed E-state index contributed by atoms with van der Waals surface area (Å²) in [6.07, 6.45) is 0. The van der Waals surface area contributed by atoms with Crippen LogP contribution in [0.3, 0.4) is 0 Å². The molecule has 0 saturated carbocycles. The molecule has 0 heterocycles. The number of hydrogen-bond acceptors (Lipinski definition) is 2. The van der Waals surface area contributed by atoms with Crippen LogP contribution in [-0.2, 0) is 5.41 Å². The van der Waals surface area contributed by atoms with Gasteiger partial charge in [-0.25, -0.2) is 5.41 Å². The number of nitrogens with one attached hydrogen (secondary N) is 1. The molecule has 0 amide bonds. The van der Waals surface area contributed by atoms with Gasteiger partial charge in [0.2, 0.25) is 0 Å². The van der Waals surface area contributed by atoms with Gasteiger partial charge in [-0.1, -0.05) is 62.4 Å². The Bertz CT molecular complexity index is 594. The Balaban J connectivity index is 0.000000612. The molecule has 104 valence electrons. The van der Waals surface area contributed by atoms with E-state index in [-0.39, 0.29) is 5.41 Å². The van der Waals surface area contributed by atoms with Crippen molar-refractivity contribution in [3.05, 3.63) is 70.8 Å². The van der Waals surface area contributed by atoms with Gasteiger partial charge in [0, 0.05) is 5.41 Å². The van der Waals surface area contributed by atoms with E-state index >= 15 is 0 Å². The van der Waals surface area contributed by atoms with Gasteiger partial charge in [0.1, 0.15) is 0 Å². The van der Waals surface area contributed by atoms with E-state index in [1.54, 1.807) is 5.16 Å². The zero-order valence-corrected chi connectivity index (χ0v) is 13.3. The van der Waals surface area contributed by atoms with E-state index in [0.29, 0.717) is 0 Å². The van der Waals surface area contributed by atoms with Crippen LogP contribution in [0.25, 0.3) is 0 Å². The fraction of sp³-hybridized carbons (Fsp3) is 0.278. The SMILES string of the molecule is Cc1cccc(C(C)(C)c2ccccc2)c1C.N=C=S. The van der Waals surface area contributed by atoms with E-state index < -0.39 is 0 Å². The number of benzene rings is 2. The van der Waals surface area contributed by atoms with Crippen molar-refractivity contribution in [3.63, 3.8) is 0 Å². The molecular formula is C18H21NS. The number of isothiocyanates is 1. The van der Waals surface area contributed by atoms with Crippen LogP contribution in [0, 0.1) is 19.3 Å². The first kappa shape index (κ1) is 16.3. The van der Waals surface area contributed by atoms with Gasteiger partial charge in [-0.2, -0.15) is 0 Å². The van der Waals surface area contributed by atoms with Crippen LogP contribution in [0.1, 0.15) is 36.1 Å². The van der Waals surface area contributed by atoms with Crippen LogP contribution in [0.2, 0.25) is 0 Å². The maximum Gasteiger partial charge on any atom is 0.0554 e. The van der Waals surface area contributed by atoms with Gasteiger partial charge in [-0.3, -0.25) is 0 Å². The summed E-state index contributed by atoms with van der Waals surface area (Å²) in [5, 5.41) is 7.36. The van der Waals surface area contributed by atoms with E-state index in [1.165, 1.54) is 22.3 Å². The van der Waals surface area contributed by atoms with E-state index in [0.717, 1.165) is 0 Å². The smallest absolute Gasteiger partial charge is 0.0554 e. The van der Waals surface area contributed by atoms with Gasteiger partial charge >= 0.3 is 0 Å². The molecule has 0 fully saturated rings. The Kier molecular flexibility index (Phi) is 5.82. The molecule has 0 aliphatic carbocycles. The van der Waals surface area contributed by atoms with Crippen LogP contribution < -0.4 is 0 Å². The first-order chi connectivity index (χ1) is 9.45. The van der Waals surface area contributed by atoms with Crippen LogP contribution >= 0.6 is 12.2 Å². The fourth-order valence-corrected chi connectivity index (χ4v) is 2.44. The van der Waals surface area contributed by atoms with E-state index in [2.05, 4.69) is 88.4 Å². The minimum atomic E-state index is 0.0668. The lowest BCUT2D eigenvalue weighted by molar-refractivity contribution is 0.635. The van der Waals surface area contributed by atoms with Crippen LogP contribution in [0.15, 0.2) is 48.5 Å². The molecule has 2 heteroatoms. The lowest BCUT2D eigenvalue weighted by Gasteiger charge is -2.28. The van der Waals surface area contributed by atoms with E-state index in [4.69, 9.17) is 5.41 Å². The molecule has 20 heavy (non-hydrogen) atoms. The number of aryl methyl sites for hydroxylation is 1. The van der Waals surface area contributed by atoms with Crippen molar-refractivity contribution in [2.75, 3.05) is 0 Å². The monoisotopic (exact) mass is 283 g/mol. The molecule has 0 unspecified atom stereocenters. The van der Waals surface area contributed by atoms with Crippen LogP contribution in [-0.4, -0.2) is 5.16 Å². The molecule has 0 aliphatic rings. The second kappa shape index (κ2) is 7.14. The maximum absolute atomic E-state index is 5.77. The maximum atomic E-state index is 5.77. The highest BCUT2D eigenvalue weighted by Gasteiger charge is 2.24. The third-order valence-electron chi connectivity index (χ3n) is 3.77. The van der Waals surface area contributed by atoms with Crippen molar-refractivity contribution < 1.29 is 0 Å². The minimum absolute atomic E-state index is 0.0668. The fourth-order valence-electron chi connectivity index (χ4n) is 2.44. The van der Waals surface area contributed by atoms with Gasteiger partial charge in [-0.15, -0.1) is 0 Å². The molecule has 0 aliphatic heterocycles. The Morgan fingerprint density at radius 1 is 0.950 bits per heavy atom. The Labute approximate surface area is 127 Å². The summed E-state index contributed by atoms with van der Waals surface area (Å²) in [6, 6.07) is 17.3. The molecule has 1 nitrogen and oxygen atoms in total. The standard InChI is InChI=1S/C17H20.CHNS/c1-13-9-8-12-16(14(13)2)17(3,4)15-10-6-5-7-11-15;2-1-3/h5-12H,1-4H3;2H. The quantitative estimate of drug-likeness (QED) is 0.587. The molecule has 0 aromatic heterocycles. The largest absolute Gasteiger partial charge is 0.248 e. The summed E-state index contributed by atoms with van der Waals surface area (Å²) in [4.78, 5) is 0. The zero-order valence-electron chi connectivity index (χ0n) is 12.5. The van der Waals surface area contributed by atoms with Crippen LogP contribution in [0.4, 0.5) is 0 Å². The van der Waals surface area contributed by atoms with Crippen molar-refractivity contribution in [2.24, 2.45) is 0 Å². The summed E-state index contributed by atoms with van der Waals surface area (Å²) >= 11 is 3.81. The first-order valence-electron chi connectivity index (χ1n) is 6.61. The van der Waals surface area contributed by atoms with E-state index in [1.807, 2.05) is 0 Å². The Morgan fingerprint density at radius 2 is 1.50 bits per heavy atom. The molecule has 2 aromatic rings. The first-order valence-corrected chi connectivity index (χ1v) is 7.02. The normalized spacial score (nSPS) is 10.2. The van der Waals surface area contributed by atoms with Crippen molar-refractivity contribution in [1.82, 2.24) is 0 Å². The summed E-state index contributed by atoms with van der Waals surface area (Å²) in [6.45, 7) is 8.99. The van der Waals surface area contributed by atoms with Crippen molar-refractivity contribution in [1.29, 1.82) is 5.41 Å². The highest BCUT2D eigenvalue weighted by Crippen LogP contribution is 2.34. The molecule has 0 atom stereocenters. The molecule has 2 aromatic carbocycles. The number of rotatable bonds is 2. The molecule has 0 spiro atoms. The lowest BCUT2D eigenvalue weighted by atomic mass is 9.75. The molecule has 0 saturated heterocycles. The third-order valence-corrected chi connectivity index (χ3v) is 3.77. The van der Waals surface area contributed by atoms with Crippen molar-refractivity contribution >= 4 is 17.4 Å². The molecule has 1 N–H and O–H groups in total. The van der Waals surface area contributed by atoms with Crippen molar-refractivity contribution in [2.45, 2.75) is 33.1 Å². The topological polar surface area (TPSA) is 23.9 Å². The number of hydrogen-bond donors (Lipinski definition) is 1. The Hall–Kier alpha value is -1.76. The van der Waals surface area contributed by atoms with Crippen molar-refractivity contribution in [3.8, 4) is 0 Å². The predicted molar refractivity (Wildman–Crippen MR) is 89.8 cm³/mol. The molecular weight excluding hydrogens is 262 g/mol.